The van der Waals surface area contributed by atoms with Gasteiger partial charge in [-0.15, -0.1) is 0 Å². The highest BCUT2D eigenvalue weighted by atomic mass is 32.2. The van der Waals surface area contributed by atoms with Gasteiger partial charge in [-0.05, 0) is 38.0 Å². The van der Waals surface area contributed by atoms with Crippen molar-refractivity contribution in [2.75, 3.05) is 12.9 Å². The summed E-state index contributed by atoms with van der Waals surface area (Å²) in [6.45, 7) is 4.61. The molecule has 0 radical (unpaired) electrons. The minimum atomic E-state index is -3.48. The van der Waals surface area contributed by atoms with Gasteiger partial charge in [0, 0.05) is 12.3 Å². The number of ether oxygens (including phenoxy) is 1. The number of hydrogen-bond donors (Lipinski definition) is 2. The zero-order chi connectivity index (χ0) is 19.2. The van der Waals surface area contributed by atoms with Gasteiger partial charge < -0.3 is 10.1 Å². The minimum Gasteiger partial charge on any atom is -0.452 e. The van der Waals surface area contributed by atoms with Crippen LogP contribution in [0.2, 0.25) is 0 Å². The molecule has 8 nitrogen and oxygen atoms in total. The molecule has 0 aliphatic carbocycles. The highest BCUT2D eigenvalue weighted by Crippen LogP contribution is 2.16. The summed E-state index contributed by atoms with van der Waals surface area (Å²) in [6, 6.07) is 3.28. The maximum atomic E-state index is 12.1. The molecule has 0 heterocycles. The second kappa shape index (κ2) is 8.61. The summed E-state index contributed by atoms with van der Waals surface area (Å²) in [5.41, 5.74) is 0.548. The van der Waals surface area contributed by atoms with Gasteiger partial charge in [-0.2, -0.15) is 0 Å². The normalized spacial score (nSPS) is 12.2. The summed E-state index contributed by atoms with van der Waals surface area (Å²) >= 11 is 0. The molecule has 0 aromatic heterocycles. The van der Waals surface area contributed by atoms with Crippen LogP contribution >= 0.6 is 0 Å². The lowest BCUT2D eigenvalue weighted by Gasteiger charge is -2.12. The van der Waals surface area contributed by atoms with E-state index in [1.54, 1.807) is 13.8 Å². The maximum absolute atomic E-state index is 12.1. The summed E-state index contributed by atoms with van der Waals surface area (Å²) < 4.78 is 28.0. The number of benzene rings is 1. The van der Waals surface area contributed by atoms with Crippen LogP contribution in [0.5, 0.6) is 0 Å². The Labute approximate surface area is 146 Å². The van der Waals surface area contributed by atoms with Crippen molar-refractivity contribution in [3.05, 3.63) is 29.3 Å². The molecular weight excluding hydrogens is 348 g/mol. The summed E-state index contributed by atoms with van der Waals surface area (Å²) in [5.74, 6) is -1.63. The van der Waals surface area contributed by atoms with Crippen molar-refractivity contribution < 1.29 is 27.5 Å². The number of carbonyl (C=O) groups is 3. The molecule has 1 rings (SSSR count). The fourth-order valence-corrected chi connectivity index (χ4v) is 2.43. The lowest BCUT2D eigenvalue weighted by atomic mass is 10.1. The lowest BCUT2D eigenvalue weighted by Crippen LogP contribution is -2.44. The number of sulfone groups is 1. The first-order valence-corrected chi connectivity index (χ1v) is 9.52. The number of esters is 1. The van der Waals surface area contributed by atoms with Gasteiger partial charge in [0.25, 0.3) is 5.91 Å². The Bertz CT molecular complexity index is 773. The molecule has 0 saturated heterocycles. The number of aryl methyl sites for hydroxylation is 1. The third-order valence-electron chi connectivity index (χ3n) is 3.43. The number of nitrogens with one attached hydrogen (secondary N) is 2. The van der Waals surface area contributed by atoms with Gasteiger partial charge in [0.05, 0.1) is 10.5 Å². The number of rotatable bonds is 6. The Morgan fingerprint density at radius 1 is 1.24 bits per heavy atom. The van der Waals surface area contributed by atoms with E-state index in [-0.39, 0.29) is 16.5 Å². The van der Waals surface area contributed by atoms with Crippen LogP contribution in [0.1, 0.15) is 36.2 Å². The predicted molar refractivity (Wildman–Crippen MR) is 91.0 cm³/mol. The van der Waals surface area contributed by atoms with Crippen LogP contribution < -0.4 is 10.6 Å². The summed E-state index contributed by atoms with van der Waals surface area (Å²) in [6.07, 6.45) is 1.72. The van der Waals surface area contributed by atoms with E-state index in [1.807, 2.05) is 12.2 Å². The highest BCUT2D eigenvalue weighted by molar-refractivity contribution is 7.90. The molecule has 0 spiro atoms. The zero-order valence-corrected chi connectivity index (χ0v) is 15.4. The first-order valence-electron chi connectivity index (χ1n) is 7.62. The number of urea groups is 1. The average Bonchev–Trinajstić information content (AvgIpc) is 2.51. The predicted octanol–water partition coefficient (Wildman–Crippen LogP) is 1.18. The summed E-state index contributed by atoms with van der Waals surface area (Å²) in [7, 11) is -3.48. The summed E-state index contributed by atoms with van der Waals surface area (Å²) in [5, 5.41) is 4.58. The molecule has 2 N–H and O–H groups in total. The maximum Gasteiger partial charge on any atom is 0.338 e. The Morgan fingerprint density at radius 2 is 1.88 bits per heavy atom. The Balaban J connectivity index is 2.68. The molecule has 3 amide bonds. The fraction of sp³-hybridized carbons (Fsp3) is 0.438. The first-order chi connectivity index (χ1) is 11.5. The quantitative estimate of drug-likeness (QED) is 0.726. The third kappa shape index (κ3) is 6.54. The van der Waals surface area contributed by atoms with Crippen molar-refractivity contribution in [3.8, 4) is 0 Å². The largest absolute Gasteiger partial charge is 0.452 e. The molecule has 0 saturated carbocycles. The number of imide groups is 1. The van der Waals surface area contributed by atoms with Gasteiger partial charge in [0.2, 0.25) is 0 Å². The molecular formula is C16H22N2O6S. The zero-order valence-electron chi connectivity index (χ0n) is 14.6. The second-order valence-electron chi connectivity index (χ2n) is 5.66. The molecule has 1 aromatic rings. The Hall–Kier alpha value is -2.42. The van der Waals surface area contributed by atoms with E-state index in [0.29, 0.717) is 12.0 Å². The van der Waals surface area contributed by atoms with Gasteiger partial charge in [-0.3, -0.25) is 10.1 Å². The monoisotopic (exact) mass is 370 g/mol. The third-order valence-corrected chi connectivity index (χ3v) is 4.54. The number of hydrogen-bond acceptors (Lipinski definition) is 6. The van der Waals surface area contributed by atoms with E-state index in [9.17, 15) is 22.8 Å². The summed E-state index contributed by atoms with van der Waals surface area (Å²) in [4.78, 5) is 35.2. The Kier molecular flexibility index (Phi) is 7.10. The van der Waals surface area contributed by atoms with Crippen molar-refractivity contribution in [2.45, 2.75) is 38.1 Å². The van der Waals surface area contributed by atoms with Crippen LogP contribution in [-0.4, -0.2) is 45.2 Å². The van der Waals surface area contributed by atoms with E-state index < -0.39 is 34.4 Å². The topological polar surface area (TPSA) is 119 Å². The van der Waals surface area contributed by atoms with Crippen molar-refractivity contribution in [2.24, 2.45) is 0 Å². The van der Waals surface area contributed by atoms with Crippen molar-refractivity contribution in [3.63, 3.8) is 0 Å². The fourth-order valence-electron chi connectivity index (χ4n) is 1.79. The molecule has 0 bridgehead atoms. The first kappa shape index (κ1) is 20.6. The van der Waals surface area contributed by atoms with Gasteiger partial charge in [-0.25, -0.2) is 18.0 Å². The lowest BCUT2D eigenvalue weighted by molar-refractivity contribution is -0.123. The van der Waals surface area contributed by atoms with Crippen LogP contribution in [0.25, 0.3) is 0 Å². The number of amides is 3. The second-order valence-corrected chi connectivity index (χ2v) is 7.67. The van der Waals surface area contributed by atoms with E-state index in [1.165, 1.54) is 18.2 Å². The van der Waals surface area contributed by atoms with E-state index in [2.05, 4.69) is 5.32 Å². The van der Waals surface area contributed by atoms with E-state index in [0.717, 1.165) is 6.26 Å². The van der Waals surface area contributed by atoms with E-state index in [4.69, 9.17) is 4.74 Å². The van der Waals surface area contributed by atoms with Crippen LogP contribution in [0.3, 0.4) is 0 Å². The van der Waals surface area contributed by atoms with Gasteiger partial charge in [0.15, 0.2) is 16.4 Å². The SMILES string of the molecule is CC[C@@H](C)NC(=O)NC(=O)COC(=O)c1cc(S(C)(=O)=O)ccc1C. The molecule has 0 aliphatic heterocycles. The van der Waals surface area contributed by atoms with Crippen LogP contribution in [0.15, 0.2) is 23.1 Å². The molecule has 1 aromatic carbocycles. The van der Waals surface area contributed by atoms with Crippen LogP contribution in [0.4, 0.5) is 4.79 Å². The standard InChI is InChI=1S/C16H22N2O6S/c1-5-11(3)17-16(21)18-14(19)9-24-15(20)13-8-12(25(4,22)23)7-6-10(13)2/h6-8,11H,5,9H2,1-4H3,(H2,17,18,19,21)/t11-/m1/s1. The smallest absolute Gasteiger partial charge is 0.338 e. The Morgan fingerprint density at radius 3 is 2.44 bits per heavy atom. The molecule has 25 heavy (non-hydrogen) atoms. The molecule has 0 aliphatic rings. The van der Waals surface area contributed by atoms with Crippen LogP contribution in [-0.2, 0) is 19.4 Å². The van der Waals surface area contributed by atoms with Crippen molar-refractivity contribution in [1.29, 1.82) is 0 Å². The molecule has 138 valence electrons. The van der Waals surface area contributed by atoms with Gasteiger partial charge in [0.1, 0.15) is 0 Å². The average molecular weight is 370 g/mol. The van der Waals surface area contributed by atoms with E-state index >= 15 is 0 Å². The van der Waals surface area contributed by atoms with Crippen molar-refractivity contribution >= 4 is 27.7 Å². The molecule has 0 unspecified atom stereocenters. The molecule has 0 fully saturated rings. The minimum absolute atomic E-state index is 0.0255. The van der Waals surface area contributed by atoms with Crippen molar-refractivity contribution in [1.82, 2.24) is 10.6 Å². The highest BCUT2D eigenvalue weighted by Gasteiger charge is 2.17. The van der Waals surface area contributed by atoms with Gasteiger partial charge in [-0.1, -0.05) is 13.0 Å². The molecule has 9 heteroatoms. The van der Waals surface area contributed by atoms with Crippen LogP contribution in [0, 0.1) is 6.92 Å². The number of carbonyl (C=O) groups excluding carboxylic acids is 3. The van der Waals surface area contributed by atoms with Gasteiger partial charge >= 0.3 is 12.0 Å². The molecule has 1 atom stereocenters.